The van der Waals surface area contributed by atoms with E-state index in [1.807, 2.05) is 0 Å². The zero-order chi connectivity index (χ0) is 15.6. The molecule has 0 fully saturated rings. The Hall–Kier alpha value is -2.07. The van der Waals surface area contributed by atoms with Gasteiger partial charge in [-0.25, -0.2) is 4.39 Å². The van der Waals surface area contributed by atoms with Gasteiger partial charge in [-0.1, -0.05) is 15.9 Å². The maximum atomic E-state index is 13.7. The Labute approximate surface area is 126 Å². The molecule has 0 radical (unpaired) electrons. The monoisotopic (exact) mass is 358 g/mol. The van der Waals surface area contributed by atoms with Crippen LogP contribution >= 0.6 is 15.9 Å². The highest BCUT2D eigenvalue weighted by Gasteiger charge is 2.33. The summed E-state index contributed by atoms with van der Waals surface area (Å²) in [7, 11) is 0. The van der Waals surface area contributed by atoms with E-state index in [-0.39, 0.29) is 21.4 Å². The Morgan fingerprint density at radius 2 is 1.81 bits per heavy atom. The Balaban J connectivity index is 2.35. The smallest absolute Gasteiger partial charge is 0.353 e. The lowest BCUT2D eigenvalue weighted by molar-refractivity contribution is -0.138. The lowest BCUT2D eigenvalue weighted by Crippen LogP contribution is -2.07. The summed E-state index contributed by atoms with van der Waals surface area (Å²) in [4.78, 5) is 0. The van der Waals surface area contributed by atoms with Gasteiger partial charge in [0.2, 0.25) is 0 Å². The van der Waals surface area contributed by atoms with Gasteiger partial charge in [-0.15, -0.1) is 0 Å². The van der Waals surface area contributed by atoms with Crippen molar-refractivity contribution in [2.45, 2.75) is 6.18 Å². The average molecular weight is 359 g/mol. The van der Waals surface area contributed by atoms with Gasteiger partial charge in [-0.05, 0) is 36.4 Å². The van der Waals surface area contributed by atoms with Gasteiger partial charge in [-0.3, -0.25) is 0 Å². The van der Waals surface area contributed by atoms with Crippen LogP contribution in [0.1, 0.15) is 11.1 Å². The summed E-state index contributed by atoms with van der Waals surface area (Å²) in [6, 6.07) is 8.93. The lowest BCUT2D eigenvalue weighted by atomic mass is 10.1. The molecular weight excluding hydrogens is 352 g/mol. The molecular formula is C14H7BrF4N2. The summed E-state index contributed by atoms with van der Waals surface area (Å²) in [6.07, 6.45) is -4.51. The molecule has 7 heteroatoms. The molecule has 0 atom stereocenters. The fraction of sp³-hybridized carbons (Fsp3) is 0.0714. The molecule has 0 aromatic heterocycles. The molecule has 2 aromatic rings. The first-order chi connectivity index (χ1) is 9.81. The van der Waals surface area contributed by atoms with Crippen molar-refractivity contribution in [1.29, 1.82) is 5.26 Å². The molecule has 2 aromatic carbocycles. The van der Waals surface area contributed by atoms with Gasteiger partial charge in [0.05, 0.1) is 22.9 Å². The second-order valence-electron chi connectivity index (χ2n) is 4.12. The minimum absolute atomic E-state index is 0.00977. The van der Waals surface area contributed by atoms with Crippen LogP contribution in [0.25, 0.3) is 0 Å². The molecule has 108 valence electrons. The molecule has 2 nitrogen and oxygen atoms in total. The molecule has 0 saturated heterocycles. The number of rotatable bonds is 2. The number of alkyl halides is 3. The van der Waals surface area contributed by atoms with Crippen molar-refractivity contribution in [1.82, 2.24) is 0 Å². The third-order valence-electron chi connectivity index (χ3n) is 2.65. The van der Waals surface area contributed by atoms with E-state index >= 15 is 0 Å². The Kier molecular flexibility index (Phi) is 4.19. The molecule has 0 bridgehead atoms. The summed E-state index contributed by atoms with van der Waals surface area (Å²) >= 11 is 2.83. The van der Waals surface area contributed by atoms with Crippen LogP contribution in [-0.2, 0) is 6.18 Å². The third-order valence-corrected chi connectivity index (χ3v) is 3.34. The van der Waals surface area contributed by atoms with Crippen LogP contribution in [0.3, 0.4) is 0 Å². The molecule has 2 rings (SSSR count). The van der Waals surface area contributed by atoms with Gasteiger partial charge in [0.15, 0.2) is 0 Å². The standard InChI is InChI=1S/C14H7BrF4N2/c15-11-3-2-9(6-10(11)14(17,18)19)21-13-4-1-8(7-20)5-12(13)16/h1-6,21H. The average Bonchev–Trinajstić information content (AvgIpc) is 2.41. The molecule has 0 saturated carbocycles. The molecule has 0 aliphatic carbocycles. The second-order valence-corrected chi connectivity index (χ2v) is 4.98. The van der Waals surface area contributed by atoms with Crippen molar-refractivity contribution in [2.24, 2.45) is 0 Å². The number of nitrogens with one attached hydrogen (secondary N) is 1. The van der Waals surface area contributed by atoms with Gasteiger partial charge in [0.1, 0.15) is 5.82 Å². The van der Waals surface area contributed by atoms with Crippen molar-refractivity contribution < 1.29 is 17.6 Å². The van der Waals surface area contributed by atoms with Crippen LogP contribution < -0.4 is 5.32 Å². The highest BCUT2D eigenvalue weighted by Crippen LogP contribution is 2.37. The minimum atomic E-state index is -4.51. The summed E-state index contributed by atoms with van der Waals surface area (Å²) in [5.74, 6) is -0.717. The van der Waals surface area contributed by atoms with Crippen molar-refractivity contribution >= 4 is 27.3 Å². The molecule has 0 aliphatic rings. The SMILES string of the molecule is N#Cc1ccc(Nc2ccc(Br)c(C(F)(F)F)c2)c(F)c1. The van der Waals surface area contributed by atoms with Crippen molar-refractivity contribution in [3.8, 4) is 6.07 Å². The van der Waals surface area contributed by atoms with E-state index in [1.54, 1.807) is 6.07 Å². The molecule has 0 unspecified atom stereocenters. The quantitative estimate of drug-likeness (QED) is 0.746. The molecule has 21 heavy (non-hydrogen) atoms. The van der Waals surface area contributed by atoms with Crippen molar-refractivity contribution in [3.05, 3.63) is 57.8 Å². The van der Waals surface area contributed by atoms with Crippen LogP contribution in [-0.4, -0.2) is 0 Å². The topological polar surface area (TPSA) is 35.8 Å². The second kappa shape index (κ2) is 5.74. The number of nitrogens with zero attached hydrogens (tertiary/aromatic N) is 1. The van der Waals surface area contributed by atoms with Crippen LogP contribution in [0.2, 0.25) is 0 Å². The zero-order valence-corrected chi connectivity index (χ0v) is 11.9. The van der Waals surface area contributed by atoms with E-state index in [0.717, 1.165) is 12.1 Å². The van der Waals surface area contributed by atoms with E-state index in [9.17, 15) is 17.6 Å². The number of benzene rings is 2. The molecule has 0 aliphatic heterocycles. The van der Waals surface area contributed by atoms with Gasteiger partial charge < -0.3 is 5.32 Å². The Bertz CT molecular complexity index is 720. The van der Waals surface area contributed by atoms with Crippen LogP contribution in [0.4, 0.5) is 28.9 Å². The zero-order valence-electron chi connectivity index (χ0n) is 10.3. The number of hydrogen-bond donors (Lipinski definition) is 1. The van der Waals surface area contributed by atoms with Crippen molar-refractivity contribution in [3.63, 3.8) is 0 Å². The van der Waals surface area contributed by atoms with Crippen LogP contribution in [0.15, 0.2) is 40.9 Å². The highest BCUT2D eigenvalue weighted by atomic mass is 79.9. The maximum Gasteiger partial charge on any atom is 0.417 e. The summed E-state index contributed by atoms with van der Waals surface area (Å²) in [6.45, 7) is 0. The maximum absolute atomic E-state index is 13.7. The minimum Gasteiger partial charge on any atom is -0.353 e. The first-order valence-electron chi connectivity index (χ1n) is 5.64. The number of anilines is 2. The van der Waals surface area contributed by atoms with E-state index in [2.05, 4.69) is 21.2 Å². The Morgan fingerprint density at radius 1 is 1.10 bits per heavy atom. The molecule has 0 amide bonds. The molecule has 0 spiro atoms. The van der Waals surface area contributed by atoms with E-state index < -0.39 is 17.6 Å². The van der Waals surface area contributed by atoms with Crippen molar-refractivity contribution in [2.75, 3.05) is 5.32 Å². The summed E-state index contributed by atoms with van der Waals surface area (Å²) in [5.41, 5.74) is -0.648. The first-order valence-corrected chi connectivity index (χ1v) is 6.44. The normalized spacial score (nSPS) is 11.0. The molecule has 0 heterocycles. The van der Waals surface area contributed by atoms with E-state index in [1.165, 1.54) is 24.3 Å². The fourth-order valence-electron chi connectivity index (χ4n) is 1.66. The largest absolute Gasteiger partial charge is 0.417 e. The predicted octanol–water partition coefficient (Wildman–Crippen LogP) is 5.22. The predicted molar refractivity (Wildman–Crippen MR) is 73.5 cm³/mol. The van der Waals surface area contributed by atoms with Gasteiger partial charge in [0, 0.05) is 10.2 Å². The number of nitriles is 1. The molecule has 1 N–H and O–H groups in total. The van der Waals surface area contributed by atoms with E-state index in [0.29, 0.717) is 0 Å². The highest BCUT2D eigenvalue weighted by molar-refractivity contribution is 9.10. The van der Waals surface area contributed by atoms with Crippen LogP contribution in [0, 0.1) is 17.1 Å². The third kappa shape index (κ3) is 3.52. The summed E-state index contributed by atoms with van der Waals surface area (Å²) < 4.78 is 51.9. The lowest BCUT2D eigenvalue weighted by Gasteiger charge is -2.13. The number of halogens is 5. The van der Waals surface area contributed by atoms with Gasteiger partial charge >= 0.3 is 6.18 Å². The van der Waals surface area contributed by atoms with Gasteiger partial charge in [-0.2, -0.15) is 18.4 Å². The van der Waals surface area contributed by atoms with Crippen LogP contribution in [0.5, 0.6) is 0 Å². The Morgan fingerprint density at radius 3 is 2.38 bits per heavy atom. The van der Waals surface area contributed by atoms with E-state index in [4.69, 9.17) is 5.26 Å². The van der Waals surface area contributed by atoms with Gasteiger partial charge in [0.25, 0.3) is 0 Å². The fourth-order valence-corrected chi connectivity index (χ4v) is 2.13. The summed E-state index contributed by atoms with van der Waals surface area (Å²) in [5, 5.41) is 11.2. The first kappa shape index (κ1) is 15.3. The number of hydrogen-bond acceptors (Lipinski definition) is 2.